The molecular weight excluding hydrogens is 256 g/mol. The van der Waals surface area contributed by atoms with Crippen LogP contribution in [0.5, 0.6) is 0 Å². The first-order valence-corrected chi connectivity index (χ1v) is 6.92. The Hall–Kier alpha value is -1.38. The van der Waals surface area contributed by atoms with Gasteiger partial charge in [-0.2, -0.15) is 0 Å². The van der Waals surface area contributed by atoms with E-state index in [1.807, 2.05) is 12.1 Å². The highest BCUT2D eigenvalue weighted by Gasteiger charge is 2.19. The van der Waals surface area contributed by atoms with Crippen LogP contribution in [0.3, 0.4) is 0 Å². The Morgan fingerprint density at radius 2 is 2.05 bits per heavy atom. The van der Waals surface area contributed by atoms with Gasteiger partial charge in [-0.1, -0.05) is 42.3 Å². The van der Waals surface area contributed by atoms with Gasteiger partial charge in [0.1, 0.15) is 0 Å². The van der Waals surface area contributed by atoms with E-state index in [2.05, 4.69) is 49.3 Å². The molecule has 0 saturated carbocycles. The number of hydrogen-bond donors (Lipinski definition) is 1. The summed E-state index contributed by atoms with van der Waals surface area (Å²) in [7, 11) is 0. The molecular formula is C16H19ClN2. The third kappa shape index (κ3) is 3.14. The molecule has 1 unspecified atom stereocenters. The molecule has 1 atom stereocenters. The average Bonchev–Trinajstić information content (AvgIpc) is 2.40. The number of nitrogens with one attached hydrogen (secondary N) is 1. The standard InChI is InChI=1S/C16H19ClN2/c1-4-18-15(16-14(17)6-5-9-19-16)13-10-11(2)7-8-12(13)3/h5-10,15,18H,4H2,1-3H3. The molecule has 0 spiro atoms. The van der Waals surface area contributed by atoms with Gasteiger partial charge in [-0.25, -0.2) is 0 Å². The molecule has 2 aromatic rings. The van der Waals surface area contributed by atoms with Crippen molar-refractivity contribution in [3.05, 3.63) is 63.9 Å². The number of hydrogen-bond acceptors (Lipinski definition) is 2. The number of rotatable bonds is 4. The number of nitrogens with zero attached hydrogens (tertiary/aromatic N) is 1. The molecule has 2 nitrogen and oxygen atoms in total. The molecule has 3 heteroatoms. The van der Waals surface area contributed by atoms with E-state index in [-0.39, 0.29) is 6.04 Å². The first kappa shape index (κ1) is 14.0. The monoisotopic (exact) mass is 274 g/mol. The van der Waals surface area contributed by atoms with Crippen LogP contribution in [-0.4, -0.2) is 11.5 Å². The Kier molecular flexibility index (Phi) is 4.56. The molecule has 1 N–H and O–H groups in total. The largest absolute Gasteiger partial charge is 0.305 e. The van der Waals surface area contributed by atoms with Crippen molar-refractivity contribution >= 4 is 11.6 Å². The second-order valence-corrected chi connectivity index (χ2v) is 5.13. The molecule has 0 saturated heterocycles. The van der Waals surface area contributed by atoms with E-state index in [1.54, 1.807) is 6.20 Å². The summed E-state index contributed by atoms with van der Waals surface area (Å²) in [6.45, 7) is 7.18. The number of benzene rings is 1. The van der Waals surface area contributed by atoms with Gasteiger partial charge in [0, 0.05) is 6.20 Å². The lowest BCUT2D eigenvalue weighted by Gasteiger charge is -2.21. The summed E-state index contributed by atoms with van der Waals surface area (Å²) in [4.78, 5) is 4.45. The fourth-order valence-electron chi connectivity index (χ4n) is 2.24. The van der Waals surface area contributed by atoms with Gasteiger partial charge in [0.15, 0.2) is 0 Å². The lowest BCUT2D eigenvalue weighted by molar-refractivity contribution is 0.612. The van der Waals surface area contributed by atoms with Gasteiger partial charge in [-0.3, -0.25) is 4.98 Å². The SMILES string of the molecule is CCNC(c1cc(C)ccc1C)c1ncccc1Cl. The number of aromatic nitrogens is 1. The summed E-state index contributed by atoms with van der Waals surface area (Å²) in [5, 5.41) is 4.18. The summed E-state index contributed by atoms with van der Waals surface area (Å²) >= 11 is 6.29. The third-order valence-electron chi connectivity index (χ3n) is 3.21. The fraction of sp³-hybridized carbons (Fsp3) is 0.312. The van der Waals surface area contributed by atoms with E-state index >= 15 is 0 Å². The molecule has 0 aliphatic heterocycles. The average molecular weight is 275 g/mol. The van der Waals surface area contributed by atoms with Crippen molar-refractivity contribution in [1.82, 2.24) is 10.3 Å². The van der Waals surface area contributed by atoms with Gasteiger partial charge in [0.05, 0.1) is 16.8 Å². The highest BCUT2D eigenvalue weighted by molar-refractivity contribution is 6.31. The van der Waals surface area contributed by atoms with Crippen LogP contribution < -0.4 is 5.32 Å². The minimum atomic E-state index is 0.0404. The number of pyridine rings is 1. The first-order valence-electron chi connectivity index (χ1n) is 6.54. The summed E-state index contributed by atoms with van der Waals surface area (Å²) in [5.41, 5.74) is 4.62. The normalized spacial score (nSPS) is 12.4. The molecule has 100 valence electrons. The topological polar surface area (TPSA) is 24.9 Å². The second kappa shape index (κ2) is 6.18. The molecule has 19 heavy (non-hydrogen) atoms. The Morgan fingerprint density at radius 1 is 1.26 bits per heavy atom. The maximum Gasteiger partial charge on any atom is 0.0804 e. The first-order chi connectivity index (χ1) is 9.13. The van der Waals surface area contributed by atoms with Gasteiger partial charge in [-0.15, -0.1) is 0 Å². The molecule has 1 aromatic carbocycles. The van der Waals surface area contributed by atoms with Crippen molar-refractivity contribution in [1.29, 1.82) is 0 Å². The molecule has 0 aliphatic rings. The quantitative estimate of drug-likeness (QED) is 0.910. The van der Waals surface area contributed by atoms with Crippen LogP contribution >= 0.6 is 11.6 Å². The molecule has 0 amide bonds. The zero-order valence-corrected chi connectivity index (χ0v) is 12.3. The lowest BCUT2D eigenvalue weighted by atomic mass is 9.96. The molecule has 0 radical (unpaired) electrons. The van der Waals surface area contributed by atoms with E-state index in [4.69, 9.17) is 11.6 Å². The zero-order chi connectivity index (χ0) is 13.8. The smallest absolute Gasteiger partial charge is 0.0804 e. The van der Waals surface area contributed by atoms with Crippen LogP contribution in [-0.2, 0) is 0 Å². The summed E-state index contributed by atoms with van der Waals surface area (Å²) < 4.78 is 0. The molecule has 2 rings (SSSR count). The van der Waals surface area contributed by atoms with Gasteiger partial charge in [0.2, 0.25) is 0 Å². The fourth-order valence-corrected chi connectivity index (χ4v) is 2.47. The van der Waals surface area contributed by atoms with Crippen molar-refractivity contribution in [3.63, 3.8) is 0 Å². The van der Waals surface area contributed by atoms with E-state index in [9.17, 15) is 0 Å². The Balaban J connectivity index is 2.51. The number of halogens is 1. The molecule has 0 bridgehead atoms. The molecule has 0 fully saturated rings. The van der Waals surface area contributed by atoms with Crippen molar-refractivity contribution in [2.24, 2.45) is 0 Å². The minimum absolute atomic E-state index is 0.0404. The Morgan fingerprint density at radius 3 is 2.74 bits per heavy atom. The van der Waals surface area contributed by atoms with Crippen LogP contribution in [0.15, 0.2) is 36.5 Å². The Labute approximate surface area is 119 Å². The van der Waals surface area contributed by atoms with E-state index < -0.39 is 0 Å². The summed E-state index contributed by atoms with van der Waals surface area (Å²) in [6.07, 6.45) is 1.79. The minimum Gasteiger partial charge on any atom is -0.305 e. The van der Waals surface area contributed by atoms with Crippen molar-refractivity contribution < 1.29 is 0 Å². The second-order valence-electron chi connectivity index (χ2n) is 4.72. The van der Waals surface area contributed by atoms with Gasteiger partial charge < -0.3 is 5.32 Å². The summed E-state index contributed by atoms with van der Waals surface area (Å²) in [6, 6.07) is 10.3. The van der Waals surface area contributed by atoms with E-state index in [0.29, 0.717) is 5.02 Å². The highest BCUT2D eigenvalue weighted by Crippen LogP contribution is 2.28. The molecule has 1 heterocycles. The van der Waals surface area contributed by atoms with E-state index in [1.165, 1.54) is 16.7 Å². The van der Waals surface area contributed by atoms with Crippen LogP contribution in [0, 0.1) is 13.8 Å². The van der Waals surface area contributed by atoms with Gasteiger partial charge >= 0.3 is 0 Å². The van der Waals surface area contributed by atoms with Crippen molar-refractivity contribution in [2.45, 2.75) is 26.8 Å². The maximum absolute atomic E-state index is 6.29. The van der Waals surface area contributed by atoms with Crippen LogP contribution in [0.4, 0.5) is 0 Å². The molecule has 0 aliphatic carbocycles. The van der Waals surface area contributed by atoms with Gasteiger partial charge in [-0.05, 0) is 43.7 Å². The van der Waals surface area contributed by atoms with Crippen LogP contribution in [0.25, 0.3) is 0 Å². The van der Waals surface area contributed by atoms with Crippen molar-refractivity contribution in [2.75, 3.05) is 6.54 Å². The predicted molar refractivity (Wildman–Crippen MR) is 80.7 cm³/mol. The third-order valence-corrected chi connectivity index (χ3v) is 3.53. The van der Waals surface area contributed by atoms with Crippen LogP contribution in [0.2, 0.25) is 5.02 Å². The summed E-state index contributed by atoms with van der Waals surface area (Å²) in [5.74, 6) is 0. The van der Waals surface area contributed by atoms with Crippen LogP contribution in [0.1, 0.15) is 35.3 Å². The number of aryl methyl sites for hydroxylation is 2. The zero-order valence-electron chi connectivity index (χ0n) is 11.6. The Bertz CT molecular complexity index is 566. The molecule has 1 aromatic heterocycles. The van der Waals surface area contributed by atoms with Crippen molar-refractivity contribution in [3.8, 4) is 0 Å². The van der Waals surface area contributed by atoms with E-state index in [0.717, 1.165) is 12.2 Å². The predicted octanol–water partition coefficient (Wildman–Crippen LogP) is 4.05. The maximum atomic E-state index is 6.29. The highest BCUT2D eigenvalue weighted by atomic mass is 35.5. The lowest BCUT2D eigenvalue weighted by Crippen LogP contribution is -2.24. The van der Waals surface area contributed by atoms with Gasteiger partial charge in [0.25, 0.3) is 0 Å².